The Hall–Kier alpha value is -2.54. The summed E-state index contributed by atoms with van der Waals surface area (Å²) in [7, 11) is 0. The van der Waals surface area contributed by atoms with Gasteiger partial charge >= 0.3 is 6.09 Å². The van der Waals surface area contributed by atoms with Crippen molar-refractivity contribution >= 4 is 11.9 Å². The highest BCUT2D eigenvalue weighted by Gasteiger charge is 2.43. The highest BCUT2D eigenvalue weighted by Crippen LogP contribution is 2.41. The van der Waals surface area contributed by atoms with Crippen LogP contribution in [0.4, 0.5) is 22.4 Å². The molecule has 2 aliphatic rings. The topological polar surface area (TPSA) is 125 Å². The quantitative estimate of drug-likeness (QED) is 0.506. The van der Waals surface area contributed by atoms with Gasteiger partial charge in [0.25, 0.3) is 12.2 Å². The van der Waals surface area contributed by atoms with E-state index in [9.17, 15) is 32.6 Å². The van der Waals surface area contributed by atoms with Gasteiger partial charge in [-0.3, -0.25) is 0 Å². The van der Waals surface area contributed by atoms with E-state index in [1.54, 1.807) is 0 Å². The summed E-state index contributed by atoms with van der Waals surface area (Å²) in [5.41, 5.74) is -1.52. The van der Waals surface area contributed by atoms with Gasteiger partial charge in [-0.05, 0) is 31.7 Å². The second-order valence-corrected chi connectivity index (χ2v) is 8.58. The van der Waals surface area contributed by atoms with Crippen molar-refractivity contribution in [3.05, 3.63) is 23.8 Å². The smallest absolute Gasteiger partial charge is 0.405 e. The Labute approximate surface area is 180 Å². The van der Waals surface area contributed by atoms with Crippen molar-refractivity contribution in [2.75, 3.05) is 6.54 Å². The number of aromatic nitrogens is 4. The van der Waals surface area contributed by atoms with E-state index in [1.807, 2.05) is 0 Å². The number of nitrogens with zero attached hydrogens (tertiary/aromatic N) is 4. The first-order chi connectivity index (χ1) is 15.1. The van der Waals surface area contributed by atoms with Gasteiger partial charge in [0.15, 0.2) is 0 Å². The van der Waals surface area contributed by atoms with Crippen LogP contribution < -0.4 is 10.6 Å². The van der Waals surface area contributed by atoms with Gasteiger partial charge in [-0.1, -0.05) is 0 Å². The predicted octanol–water partition coefficient (Wildman–Crippen LogP) is 2.68. The van der Waals surface area contributed by atoms with Gasteiger partial charge in [-0.2, -0.15) is 5.10 Å². The van der Waals surface area contributed by atoms with E-state index >= 15 is 0 Å². The van der Waals surface area contributed by atoms with Crippen molar-refractivity contribution in [3.63, 3.8) is 0 Å². The molecule has 2 aromatic heterocycles. The lowest BCUT2D eigenvalue weighted by Crippen LogP contribution is -2.48. The van der Waals surface area contributed by atoms with Gasteiger partial charge in [-0.15, -0.1) is 0 Å². The lowest BCUT2D eigenvalue weighted by Gasteiger charge is -2.36. The molecule has 9 nitrogen and oxygen atoms in total. The van der Waals surface area contributed by atoms with Crippen LogP contribution in [0, 0.1) is 5.92 Å². The lowest BCUT2D eigenvalue weighted by atomic mass is 9.81. The molecule has 2 fully saturated rings. The van der Waals surface area contributed by atoms with Gasteiger partial charge in [0, 0.05) is 19.3 Å². The van der Waals surface area contributed by atoms with Gasteiger partial charge in [-0.25, -0.2) is 36.8 Å². The Kier molecular flexibility index (Phi) is 5.96. The molecule has 1 aliphatic heterocycles. The van der Waals surface area contributed by atoms with Gasteiger partial charge in [0.05, 0.1) is 35.9 Å². The highest BCUT2D eigenvalue weighted by atomic mass is 19.3. The van der Waals surface area contributed by atoms with Crippen LogP contribution in [0.25, 0.3) is 5.78 Å². The van der Waals surface area contributed by atoms with Crippen LogP contribution in [0.1, 0.15) is 62.0 Å². The Bertz CT molecular complexity index is 979. The number of carbonyl (C=O) groups is 1. The minimum atomic E-state index is -2.90. The molecule has 2 unspecified atom stereocenters. The summed E-state index contributed by atoms with van der Waals surface area (Å²) in [6, 6.07) is -1.47. The zero-order valence-corrected chi connectivity index (χ0v) is 17.0. The summed E-state index contributed by atoms with van der Waals surface area (Å²) in [5, 5.41) is 29.0. The number of nitrogens with one attached hydrogen (secondary N) is 2. The molecule has 0 spiro atoms. The lowest BCUT2D eigenvalue weighted by molar-refractivity contribution is -0.120. The molecule has 4 N–H and O–H groups in total. The number of fused-ring (bicyclic) bond motifs is 1. The van der Waals surface area contributed by atoms with E-state index in [4.69, 9.17) is 0 Å². The molecule has 3 atom stereocenters. The molecule has 1 amide bonds. The largest absolute Gasteiger partial charge is 0.465 e. The molecular weight excluding hydrogens is 436 g/mol. The number of rotatable bonds is 5. The first-order valence-electron chi connectivity index (χ1n) is 10.4. The van der Waals surface area contributed by atoms with Crippen molar-refractivity contribution in [1.82, 2.24) is 30.2 Å². The monoisotopic (exact) mass is 460 g/mol. The summed E-state index contributed by atoms with van der Waals surface area (Å²) < 4.78 is 54.9. The predicted molar refractivity (Wildman–Crippen MR) is 103 cm³/mol. The highest BCUT2D eigenvalue weighted by molar-refractivity contribution is 5.65. The zero-order valence-electron chi connectivity index (χ0n) is 17.0. The fourth-order valence-electron chi connectivity index (χ4n) is 4.48. The van der Waals surface area contributed by atoms with E-state index < -0.39 is 36.1 Å². The number of piperidine rings is 1. The average Bonchev–Trinajstić information content (AvgIpc) is 3.15. The van der Waals surface area contributed by atoms with E-state index in [-0.39, 0.29) is 56.8 Å². The van der Waals surface area contributed by atoms with Crippen LogP contribution in [0.2, 0.25) is 0 Å². The second kappa shape index (κ2) is 8.43. The Balaban J connectivity index is 1.59. The van der Waals surface area contributed by atoms with Crippen LogP contribution in [0.15, 0.2) is 12.4 Å². The van der Waals surface area contributed by atoms with Crippen LogP contribution in [-0.4, -0.2) is 60.4 Å². The number of alkyl halides is 4. The molecule has 0 aromatic carbocycles. The molecule has 4 rings (SSSR count). The SMILES string of the molecule is O=C(O)N[C@H](c1cn2ncc(C3CC(O)(C(F)F)CCN3)nc2n1)C1CCC(F)(F)CC1. The van der Waals surface area contributed by atoms with Crippen molar-refractivity contribution in [2.45, 2.75) is 68.6 Å². The van der Waals surface area contributed by atoms with Crippen molar-refractivity contribution in [2.24, 2.45) is 5.92 Å². The molecule has 3 heterocycles. The Morgan fingerprint density at radius 3 is 2.62 bits per heavy atom. The summed E-state index contributed by atoms with van der Waals surface area (Å²) in [6.07, 6.45) is -2.08. The number of hydrogen-bond donors (Lipinski definition) is 4. The number of carboxylic acid groups (broad SMARTS) is 1. The van der Waals surface area contributed by atoms with Crippen LogP contribution >= 0.6 is 0 Å². The van der Waals surface area contributed by atoms with E-state index in [0.717, 1.165) is 0 Å². The van der Waals surface area contributed by atoms with Crippen molar-refractivity contribution in [1.29, 1.82) is 0 Å². The molecule has 1 saturated heterocycles. The molecule has 2 aromatic rings. The minimum absolute atomic E-state index is 0.0899. The molecule has 0 bridgehead atoms. The third-order valence-electron chi connectivity index (χ3n) is 6.33. The molecular formula is C19H24F4N6O3. The van der Waals surface area contributed by atoms with Crippen LogP contribution in [0.5, 0.6) is 0 Å². The molecule has 1 aliphatic carbocycles. The summed E-state index contributed by atoms with van der Waals surface area (Å²) >= 11 is 0. The van der Waals surface area contributed by atoms with E-state index in [1.165, 1.54) is 16.9 Å². The maximum absolute atomic E-state index is 13.6. The summed E-state index contributed by atoms with van der Waals surface area (Å²) in [6.45, 7) is 0.176. The summed E-state index contributed by atoms with van der Waals surface area (Å²) in [5.74, 6) is -3.01. The second-order valence-electron chi connectivity index (χ2n) is 8.58. The number of aliphatic hydroxyl groups is 1. The maximum Gasteiger partial charge on any atom is 0.405 e. The normalized spacial score (nSPS) is 27.5. The number of hydrogen-bond acceptors (Lipinski definition) is 6. The van der Waals surface area contributed by atoms with E-state index in [2.05, 4.69) is 25.7 Å². The van der Waals surface area contributed by atoms with E-state index in [0.29, 0.717) is 11.4 Å². The minimum Gasteiger partial charge on any atom is -0.465 e. The Morgan fingerprint density at radius 2 is 1.97 bits per heavy atom. The fraction of sp³-hybridized carbons (Fsp3) is 0.684. The molecule has 13 heteroatoms. The molecule has 0 radical (unpaired) electrons. The molecule has 32 heavy (non-hydrogen) atoms. The first kappa shape index (κ1) is 22.6. The van der Waals surface area contributed by atoms with Crippen molar-refractivity contribution in [3.8, 4) is 0 Å². The summed E-state index contributed by atoms with van der Waals surface area (Å²) in [4.78, 5) is 20.0. The first-order valence-corrected chi connectivity index (χ1v) is 10.4. The average molecular weight is 460 g/mol. The third kappa shape index (κ3) is 4.63. The number of amides is 1. The molecule has 176 valence electrons. The standard InChI is InChI=1S/C19H24F4N6O3/c20-15(21)18(32)5-6-24-11(7-18)12-8-25-29-9-13(27-16(29)26-12)14(28-17(30)31)10-1-3-19(22,23)4-2-10/h8-11,14-15,24,28,32H,1-7H2,(H,30,31)/t11?,14-,18?/m0/s1. The number of imidazole rings is 1. The maximum atomic E-state index is 13.6. The van der Waals surface area contributed by atoms with Gasteiger partial charge < -0.3 is 20.8 Å². The van der Waals surface area contributed by atoms with Crippen LogP contribution in [0.3, 0.4) is 0 Å². The van der Waals surface area contributed by atoms with Crippen LogP contribution in [-0.2, 0) is 0 Å². The third-order valence-corrected chi connectivity index (χ3v) is 6.33. The zero-order chi connectivity index (χ0) is 23.1. The number of halogens is 4. The fourth-order valence-corrected chi connectivity index (χ4v) is 4.48. The Morgan fingerprint density at radius 1 is 1.25 bits per heavy atom. The van der Waals surface area contributed by atoms with Gasteiger partial charge in [0.2, 0.25) is 5.92 Å². The van der Waals surface area contributed by atoms with Gasteiger partial charge in [0.1, 0.15) is 5.60 Å². The van der Waals surface area contributed by atoms with Crippen molar-refractivity contribution < 1.29 is 32.6 Å². The molecule has 1 saturated carbocycles.